The van der Waals surface area contributed by atoms with Crippen molar-refractivity contribution in [2.75, 3.05) is 0 Å². The lowest BCUT2D eigenvalue weighted by Crippen LogP contribution is -1.67. The van der Waals surface area contributed by atoms with Crippen LogP contribution in [-0.2, 0) is 0 Å². The molecule has 0 heterocycles. The van der Waals surface area contributed by atoms with Gasteiger partial charge in [-0.2, -0.15) is 0 Å². The van der Waals surface area contributed by atoms with Crippen molar-refractivity contribution in [3.8, 4) is 0 Å². The first kappa shape index (κ1) is 7.79. The van der Waals surface area contributed by atoms with Crippen molar-refractivity contribution >= 4 is 11.9 Å². The molecule has 0 fully saturated rings. The smallest absolute Gasteiger partial charge is 0.0161 e. The van der Waals surface area contributed by atoms with Crippen molar-refractivity contribution in [3.05, 3.63) is 23.6 Å². The van der Waals surface area contributed by atoms with Gasteiger partial charge in [0.25, 0.3) is 0 Å². The summed E-state index contributed by atoms with van der Waals surface area (Å²) in [6.07, 6.45) is 7.10. The fraction of sp³-hybridized carbons (Fsp3) is 0.333. The van der Waals surface area contributed by atoms with Crippen LogP contribution in [0.2, 0.25) is 0 Å². The van der Waals surface area contributed by atoms with Gasteiger partial charge in [0, 0.05) is 0 Å². The highest BCUT2D eigenvalue weighted by atomic mass is 32.2. The Bertz CT molecular complexity index is 86.5. The van der Waals surface area contributed by atoms with E-state index in [9.17, 15) is 0 Å². The Labute approximate surface area is 54.8 Å². The van der Waals surface area contributed by atoms with Crippen molar-refractivity contribution in [2.45, 2.75) is 13.3 Å². The topological polar surface area (TPSA) is 26.0 Å². The molecule has 0 atom stereocenters. The lowest BCUT2D eigenvalue weighted by Gasteiger charge is -1.77. The molecule has 0 aromatic rings. The van der Waals surface area contributed by atoms with Crippen LogP contribution in [0.5, 0.6) is 0 Å². The molecular formula is C6H11NS. The van der Waals surface area contributed by atoms with E-state index in [0.29, 0.717) is 0 Å². The number of rotatable bonds is 3. The normalized spacial score (nSPS) is 11.8. The van der Waals surface area contributed by atoms with Gasteiger partial charge in [0.2, 0.25) is 0 Å². The summed E-state index contributed by atoms with van der Waals surface area (Å²) in [6, 6.07) is 0. The molecule has 0 aliphatic heterocycles. The van der Waals surface area contributed by atoms with Gasteiger partial charge in [-0.15, -0.1) is 0 Å². The maximum atomic E-state index is 5.12. The first-order valence-corrected chi connectivity index (χ1v) is 3.47. The minimum absolute atomic E-state index is 0.987. The largest absolute Gasteiger partial charge is 0.274 e. The van der Waals surface area contributed by atoms with E-state index in [-0.39, 0.29) is 0 Å². The molecule has 0 unspecified atom stereocenters. The summed E-state index contributed by atoms with van der Waals surface area (Å²) in [7, 11) is 0. The maximum Gasteiger partial charge on any atom is -0.0161 e. The summed E-state index contributed by atoms with van der Waals surface area (Å²) >= 11 is 1.24. The first-order valence-electron chi connectivity index (χ1n) is 2.53. The van der Waals surface area contributed by atoms with Crippen molar-refractivity contribution in [3.63, 3.8) is 0 Å². The molecule has 1 nitrogen and oxygen atoms in total. The zero-order chi connectivity index (χ0) is 6.24. The Morgan fingerprint density at radius 2 is 2.25 bits per heavy atom. The predicted octanol–water partition coefficient (Wildman–Crippen LogP) is 2.07. The molecule has 0 aliphatic carbocycles. The zero-order valence-electron chi connectivity index (χ0n) is 5.00. The highest BCUT2D eigenvalue weighted by Gasteiger charge is 1.65. The van der Waals surface area contributed by atoms with E-state index in [1.54, 1.807) is 0 Å². The van der Waals surface area contributed by atoms with Crippen LogP contribution in [0.4, 0.5) is 0 Å². The van der Waals surface area contributed by atoms with Gasteiger partial charge in [-0.3, -0.25) is 5.14 Å². The number of nitrogens with two attached hydrogens (primary N) is 1. The zero-order valence-corrected chi connectivity index (χ0v) is 5.82. The van der Waals surface area contributed by atoms with Crippen LogP contribution in [0.3, 0.4) is 0 Å². The molecule has 0 spiro atoms. The van der Waals surface area contributed by atoms with Gasteiger partial charge < -0.3 is 0 Å². The van der Waals surface area contributed by atoms with Crippen molar-refractivity contribution < 1.29 is 0 Å². The monoisotopic (exact) mass is 129 g/mol. The minimum atomic E-state index is 0.987. The summed E-state index contributed by atoms with van der Waals surface area (Å²) in [6.45, 7) is 2.00. The number of hydrogen-bond acceptors (Lipinski definition) is 2. The standard InChI is InChI=1S/C6H11NS/c1-2-3-4-5-6-8-7/h2-3,5-6H,4,7H2,1H3/b3-2-,6-5-. The molecule has 2 N–H and O–H groups in total. The van der Waals surface area contributed by atoms with Crippen LogP contribution in [-0.4, -0.2) is 0 Å². The van der Waals surface area contributed by atoms with Gasteiger partial charge in [0.15, 0.2) is 0 Å². The SMILES string of the molecule is C/C=C\C/C=C\SN. The van der Waals surface area contributed by atoms with E-state index in [4.69, 9.17) is 5.14 Å². The third-order valence-electron chi connectivity index (χ3n) is 0.683. The van der Waals surface area contributed by atoms with E-state index in [1.807, 2.05) is 24.5 Å². The summed E-state index contributed by atoms with van der Waals surface area (Å²) in [5.41, 5.74) is 0. The van der Waals surface area contributed by atoms with Crippen LogP contribution in [0.25, 0.3) is 0 Å². The van der Waals surface area contributed by atoms with Gasteiger partial charge in [0.05, 0.1) is 0 Å². The Hall–Kier alpha value is -0.210. The Morgan fingerprint density at radius 3 is 2.75 bits per heavy atom. The molecule has 0 rings (SSSR count). The van der Waals surface area contributed by atoms with Crippen molar-refractivity contribution in [1.82, 2.24) is 0 Å². The lowest BCUT2D eigenvalue weighted by molar-refractivity contribution is 1.39. The van der Waals surface area contributed by atoms with E-state index < -0.39 is 0 Å². The maximum absolute atomic E-state index is 5.12. The van der Waals surface area contributed by atoms with Crippen LogP contribution in [0, 0.1) is 0 Å². The summed E-state index contributed by atoms with van der Waals surface area (Å²) < 4.78 is 0. The number of hydrogen-bond donors (Lipinski definition) is 1. The fourth-order valence-corrected chi connectivity index (χ4v) is 0.548. The van der Waals surface area contributed by atoms with Crippen LogP contribution in [0.15, 0.2) is 23.6 Å². The molecule has 2 heteroatoms. The molecular weight excluding hydrogens is 118 g/mol. The van der Waals surface area contributed by atoms with E-state index in [2.05, 4.69) is 6.08 Å². The second-order valence-electron chi connectivity index (χ2n) is 1.31. The van der Waals surface area contributed by atoms with Crippen LogP contribution >= 0.6 is 11.9 Å². The van der Waals surface area contributed by atoms with Crippen molar-refractivity contribution in [2.24, 2.45) is 5.14 Å². The molecule has 0 aliphatic rings. The fourth-order valence-electron chi connectivity index (χ4n) is 0.326. The van der Waals surface area contributed by atoms with Gasteiger partial charge in [-0.05, 0) is 18.8 Å². The van der Waals surface area contributed by atoms with E-state index in [1.165, 1.54) is 11.9 Å². The van der Waals surface area contributed by atoms with Crippen LogP contribution < -0.4 is 5.14 Å². The highest BCUT2D eigenvalue weighted by Crippen LogP contribution is 1.91. The molecule has 0 saturated heterocycles. The molecule has 8 heavy (non-hydrogen) atoms. The van der Waals surface area contributed by atoms with Gasteiger partial charge in [-0.1, -0.05) is 30.2 Å². The average Bonchev–Trinajstić information content (AvgIpc) is 1.81. The Balaban J connectivity index is 3.03. The summed E-state index contributed by atoms with van der Waals surface area (Å²) in [5, 5.41) is 6.99. The van der Waals surface area contributed by atoms with Crippen LogP contribution in [0.1, 0.15) is 13.3 Å². The first-order chi connectivity index (χ1) is 3.91. The van der Waals surface area contributed by atoms with Crippen molar-refractivity contribution in [1.29, 1.82) is 0 Å². The third kappa shape index (κ3) is 5.79. The molecule has 0 bridgehead atoms. The highest BCUT2D eigenvalue weighted by molar-refractivity contribution is 7.99. The quantitative estimate of drug-likeness (QED) is 0.466. The van der Waals surface area contributed by atoms with Gasteiger partial charge in [-0.25, -0.2) is 0 Å². The third-order valence-corrected chi connectivity index (χ3v) is 1.03. The molecule has 46 valence electrons. The Morgan fingerprint density at radius 1 is 1.50 bits per heavy atom. The molecule has 0 amide bonds. The second kappa shape index (κ2) is 6.79. The Kier molecular flexibility index (Phi) is 6.61. The molecule has 0 saturated carbocycles. The molecule has 0 aromatic carbocycles. The van der Waals surface area contributed by atoms with E-state index >= 15 is 0 Å². The lowest BCUT2D eigenvalue weighted by atomic mass is 10.4. The van der Waals surface area contributed by atoms with Gasteiger partial charge in [0.1, 0.15) is 0 Å². The summed E-state index contributed by atoms with van der Waals surface area (Å²) in [4.78, 5) is 0. The minimum Gasteiger partial charge on any atom is -0.274 e. The average molecular weight is 129 g/mol. The summed E-state index contributed by atoms with van der Waals surface area (Å²) in [5.74, 6) is 0. The van der Waals surface area contributed by atoms with E-state index in [0.717, 1.165) is 6.42 Å². The number of allylic oxidation sites excluding steroid dienone is 3. The van der Waals surface area contributed by atoms with Gasteiger partial charge >= 0.3 is 0 Å². The second-order valence-corrected chi connectivity index (χ2v) is 1.86. The molecule has 0 aromatic heterocycles. The predicted molar refractivity (Wildman–Crippen MR) is 40.3 cm³/mol. The molecule has 0 radical (unpaired) electrons.